The Balaban J connectivity index is 0.00000261. The second-order valence-corrected chi connectivity index (χ2v) is 7.35. The molecule has 0 bridgehead atoms. The molecule has 2 fully saturated rings. The Labute approximate surface area is 177 Å². The Hall–Kier alpha value is -1.16. The molecule has 152 valence electrons. The molecule has 8 heteroatoms. The van der Waals surface area contributed by atoms with Gasteiger partial charge in [0.2, 0.25) is 0 Å². The lowest BCUT2D eigenvalue weighted by Gasteiger charge is -2.29. The molecule has 2 saturated heterocycles. The van der Waals surface area contributed by atoms with Gasteiger partial charge in [0, 0.05) is 32.7 Å². The number of nitrogens with one attached hydrogen (secondary N) is 2. The monoisotopic (exact) mass is 493 g/mol. The molecule has 2 N–H and O–H groups in total. The molecular formula is C19H30F2IN5. The molecule has 1 unspecified atom stereocenters. The van der Waals surface area contributed by atoms with Crippen LogP contribution in [0.5, 0.6) is 0 Å². The topological polar surface area (TPSA) is 42.9 Å². The van der Waals surface area contributed by atoms with Crippen molar-refractivity contribution in [2.24, 2.45) is 10.9 Å². The van der Waals surface area contributed by atoms with Crippen LogP contribution >= 0.6 is 24.0 Å². The fourth-order valence-corrected chi connectivity index (χ4v) is 3.77. The maximum absolute atomic E-state index is 14.0. The van der Waals surface area contributed by atoms with Gasteiger partial charge in [0.05, 0.1) is 0 Å². The highest BCUT2D eigenvalue weighted by atomic mass is 127. The lowest BCUT2D eigenvalue weighted by Crippen LogP contribution is -2.46. The largest absolute Gasteiger partial charge is 0.365 e. The summed E-state index contributed by atoms with van der Waals surface area (Å²) in [7, 11) is 3.92. The Morgan fingerprint density at radius 2 is 1.81 bits per heavy atom. The van der Waals surface area contributed by atoms with Crippen LogP contribution in [-0.2, 0) is 0 Å². The first kappa shape index (κ1) is 22.1. The molecule has 1 aromatic rings. The molecule has 5 nitrogen and oxygen atoms in total. The summed E-state index contributed by atoms with van der Waals surface area (Å²) in [5, 5.41) is 6.81. The van der Waals surface area contributed by atoms with Crippen LogP contribution < -0.4 is 15.5 Å². The fourth-order valence-electron chi connectivity index (χ4n) is 3.77. The zero-order chi connectivity index (χ0) is 18.5. The molecule has 0 saturated carbocycles. The lowest BCUT2D eigenvalue weighted by atomic mass is 9.97. The van der Waals surface area contributed by atoms with Gasteiger partial charge in [0.25, 0.3) is 0 Å². The second kappa shape index (κ2) is 10.4. The van der Waals surface area contributed by atoms with Crippen molar-refractivity contribution < 1.29 is 8.78 Å². The summed E-state index contributed by atoms with van der Waals surface area (Å²) in [5.74, 6) is 0.424. The maximum Gasteiger partial charge on any atom is 0.191 e. The summed E-state index contributed by atoms with van der Waals surface area (Å²) < 4.78 is 27.9. The van der Waals surface area contributed by atoms with Crippen molar-refractivity contribution in [3.63, 3.8) is 0 Å². The zero-order valence-electron chi connectivity index (χ0n) is 16.0. The zero-order valence-corrected chi connectivity index (χ0v) is 18.4. The fraction of sp³-hybridized carbons (Fsp3) is 0.632. The molecule has 2 aliphatic heterocycles. The van der Waals surface area contributed by atoms with Gasteiger partial charge < -0.3 is 20.4 Å². The molecule has 1 atom stereocenters. The van der Waals surface area contributed by atoms with E-state index < -0.39 is 11.6 Å². The van der Waals surface area contributed by atoms with E-state index in [1.165, 1.54) is 31.0 Å². The highest BCUT2D eigenvalue weighted by molar-refractivity contribution is 14.0. The Morgan fingerprint density at radius 1 is 1.15 bits per heavy atom. The van der Waals surface area contributed by atoms with Crippen molar-refractivity contribution in [1.29, 1.82) is 0 Å². The number of para-hydroxylation sites is 1. The van der Waals surface area contributed by atoms with Gasteiger partial charge >= 0.3 is 0 Å². The van der Waals surface area contributed by atoms with Gasteiger partial charge in [0.15, 0.2) is 5.96 Å². The minimum Gasteiger partial charge on any atom is -0.365 e. The van der Waals surface area contributed by atoms with Crippen molar-refractivity contribution in [3.8, 4) is 0 Å². The Kier molecular flexibility index (Phi) is 8.53. The third-order valence-electron chi connectivity index (χ3n) is 5.40. The third kappa shape index (κ3) is 5.91. The number of guanidine groups is 1. The quantitative estimate of drug-likeness (QED) is 0.385. The summed E-state index contributed by atoms with van der Waals surface area (Å²) in [6, 6.07) is 4.13. The molecule has 1 aromatic carbocycles. The van der Waals surface area contributed by atoms with Gasteiger partial charge in [-0.1, -0.05) is 6.07 Å². The van der Waals surface area contributed by atoms with E-state index in [-0.39, 0.29) is 35.7 Å². The summed E-state index contributed by atoms with van der Waals surface area (Å²) in [6.07, 6.45) is 3.22. The van der Waals surface area contributed by atoms with Crippen molar-refractivity contribution in [2.45, 2.75) is 25.3 Å². The number of benzene rings is 1. The van der Waals surface area contributed by atoms with E-state index in [9.17, 15) is 8.78 Å². The number of piperidine rings is 1. The van der Waals surface area contributed by atoms with Crippen LogP contribution in [0.1, 0.15) is 19.3 Å². The molecule has 2 heterocycles. The second-order valence-electron chi connectivity index (χ2n) is 7.35. The van der Waals surface area contributed by atoms with Crippen LogP contribution in [0.25, 0.3) is 0 Å². The van der Waals surface area contributed by atoms with Crippen molar-refractivity contribution in [1.82, 2.24) is 15.5 Å². The summed E-state index contributed by atoms with van der Waals surface area (Å²) in [5.41, 5.74) is 0.0751. The van der Waals surface area contributed by atoms with E-state index in [1.54, 1.807) is 11.9 Å². The highest BCUT2D eigenvalue weighted by Crippen LogP contribution is 2.26. The van der Waals surface area contributed by atoms with E-state index in [4.69, 9.17) is 0 Å². The molecule has 0 amide bonds. The Bertz CT molecular complexity index is 614. The van der Waals surface area contributed by atoms with Gasteiger partial charge in [-0.3, -0.25) is 4.99 Å². The lowest BCUT2D eigenvalue weighted by molar-refractivity contribution is 0.220. The van der Waals surface area contributed by atoms with Crippen LogP contribution in [0.4, 0.5) is 14.5 Å². The minimum atomic E-state index is -0.504. The van der Waals surface area contributed by atoms with Gasteiger partial charge in [-0.15, -0.1) is 24.0 Å². The first-order valence-corrected chi connectivity index (χ1v) is 9.41. The van der Waals surface area contributed by atoms with Gasteiger partial charge in [0.1, 0.15) is 17.3 Å². The summed E-state index contributed by atoms with van der Waals surface area (Å²) in [6.45, 7) is 4.38. The van der Waals surface area contributed by atoms with E-state index in [0.717, 1.165) is 32.0 Å². The first-order chi connectivity index (χ1) is 12.6. The van der Waals surface area contributed by atoms with Crippen molar-refractivity contribution >= 4 is 35.6 Å². The van der Waals surface area contributed by atoms with E-state index >= 15 is 0 Å². The standard InChI is InChI=1S/C19H29F2N5.HI/c1-22-19(23-12-14-6-9-25(2)10-7-14)24-15-8-11-26(13-15)18-16(20)4-3-5-17(18)21;/h3-5,14-15H,6-13H2,1-2H3,(H2,22,23,24);1H. The predicted molar refractivity (Wildman–Crippen MR) is 117 cm³/mol. The van der Waals surface area contributed by atoms with Crippen LogP contribution in [0.2, 0.25) is 0 Å². The summed E-state index contributed by atoms with van der Waals surface area (Å²) in [4.78, 5) is 8.43. The number of halogens is 3. The number of aliphatic imine (C=N–C) groups is 1. The first-order valence-electron chi connectivity index (χ1n) is 9.41. The minimum absolute atomic E-state index is 0. The van der Waals surface area contributed by atoms with Crippen LogP contribution in [0.3, 0.4) is 0 Å². The number of hydrogen-bond donors (Lipinski definition) is 2. The molecule has 0 radical (unpaired) electrons. The molecule has 0 spiro atoms. The predicted octanol–water partition coefficient (Wildman–Crippen LogP) is 2.67. The third-order valence-corrected chi connectivity index (χ3v) is 5.40. The van der Waals surface area contributed by atoms with Crippen molar-refractivity contribution in [3.05, 3.63) is 29.8 Å². The molecule has 2 aliphatic rings. The van der Waals surface area contributed by atoms with E-state index in [0.29, 0.717) is 19.0 Å². The van der Waals surface area contributed by atoms with Crippen molar-refractivity contribution in [2.75, 3.05) is 51.7 Å². The SMILES string of the molecule is CN=C(NCC1CCN(C)CC1)NC1CCN(c2c(F)cccc2F)C1.I. The smallest absolute Gasteiger partial charge is 0.191 e. The average molecular weight is 493 g/mol. The van der Waals surface area contributed by atoms with Crippen LogP contribution in [0, 0.1) is 17.6 Å². The number of rotatable bonds is 4. The molecule has 27 heavy (non-hydrogen) atoms. The average Bonchev–Trinajstić information content (AvgIpc) is 3.08. The number of nitrogens with zero attached hydrogens (tertiary/aromatic N) is 3. The molecule has 0 aromatic heterocycles. The van der Waals surface area contributed by atoms with Crippen LogP contribution in [-0.4, -0.2) is 63.7 Å². The van der Waals surface area contributed by atoms with Gasteiger partial charge in [-0.2, -0.15) is 0 Å². The highest BCUT2D eigenvalue weighted by Gasteiger charge is 2.27. The Morgan fingerprint density at radius 3 is 2.44 bits per heavy atom. The van der Waals surface area contributed by atoms with E-state index in [1.807, 2.05) is 0 Å². The number of hydrogen-bond acceptors (Lipinski definition) is 3. The molecule has 3 rings (SSSR count). The molecule has 0 aliphatic carbocycles. The normalized spacial score (nSPS) is 21.9. The van der Waals surface area contributed by atoms with Gasteiger partial charge in [-0.25, -0.2) is 8.78 Å². The van der Waals surface area contributed by atoms with Gasteiger partial charge in [-0.05, 0) is 57.5 Å². The number of likely N-dealkylation sites (tertiary alicyclic amines) is 1. The maximum atomic E-state index is 14.0. The van der Waals surface area contributed by atoms with Crippen LogP contribution in [0.15, 0.2) is 23.2 Å². The van der Waals surface area contributed by atoms with E-state index in [2.05, 4.69) is 27.6 Å². The summed E-state index contributed by atoms with van der Waals surface area (Å²) >= 11 is 0. The number of anilines is 1. The molecular weight excluding hydrogens is 463 g/mol.